The molecule has 5 N–H and O–H groups in total. The van der Waals surface area contributed by atoms with E-state index >= 15 is 0 Å². The van der Waals surface area contributed by atoms with E-state index in [1.807, 2.05) is 4.86 Å². The summed E-state index contributed by atoms with van der Waals surface area (Å²) < 4.78 is 395. The fourth-order valence-electron chi connectivity index (χ4n) is 4.08. The minimum absolute atomic E-state index is 0.0754. The number of benzene rings is 2. The molecule has 0 amide bonds. The van der Waals surface area contributed by atoms with E-state index in [1.165, 1.54) is 0 Å². The molecule has 0 aromatic heterocycles. The van der Waals surface area contributed by atoms with Crippen molar-refractivity contribution in [3.8, 4) is 23.0 Å². The van der Waals surface area contributed by atoms with Crippen LogP contribution in [0.4, 0.5) is 134 Å². The summed E-state index contributed by atoms with van der Waals surface area (Å²) >= 11 is 0. The molecule has 1 aliphatic heterocycles. The lowest BCUT2D eigenvalue weighted by molar-refractivity contribution is -0.366. The molecular formula is C28H20F28N5O6P3. The third-order valence-electron chi connectivity index (χ3n) is 7.90. The molecule has 1 saturated heterocycles. The van der Waals surface area contributed by atoms with Crippen LogP contribution in [0, 0.1) is 0 Å². The van der Waals surface area contributed by atoms with Crippen molar-refractivity contribution in [2.45, 2.75) is 72.1 Å². The van der Waals surface area contributed by atoms with E-state index in [1.54, 1.807) is 0 Å². The number of halogens is 28. The van der Waals surface area contributed by atoms with E-state index in [0.717, 1.165) is 18.2 Å². The van der Waals surface area contributed by atoms with Gasteiger partial charge in [0.1, 0.15) is 18.9 Å². The summed E-state index contributed by atoms with van der Waals surface area (Å²) in [6, 6.07) is 3.47. The zero-order valence-electron chi connectivity index (χ0n) is 32.3. The maximum absolute atomic E-state index is 14.5. The van der Waals surface area contributed by atoms with E-state index < -0.39 is 163 Å². The number of hydrogen-bond acceptors (Lipinski definition) is 11. The fourth-order valence-corrected chi connectivity index (χ4v) is 9.75. The molecule has 404 valence electrons. The van der Waals surface area contributed by atoms with Gasteiger partial charge in [0, 0.05) is 0 Å². The Morgan fingerprint density at radius 3 is 1.33 bits per heavy atom. The molecule has 1 fully saturated rings. The van der Waals surface area contributed by atoms with Crippen molar-refractivity contribution in [1.82, 2.24) is 14.1 Å². The Labute approximate surface area is 372 Å². The molecule has 0 saturated carbocycles. The highest BCUT2D eigenvalue weighted by Crippen LogP contribution is 2.68. The Kier molecular flexibility index (Phi) is 17.3. The molecule has 1 aliphatic rings. The van der Waals surface area contributed by atoms with E-state index in [2.05, 4.69) is 18.8 Å². The van der Waals surface area contributed by atoms with Crippen LogP contribution in [0.25, 0.3) is 0 Å². The molecule has 3 rings (SSSR count). The van der Waals surface area contributed by atoms with Gasteiger partial charge in [-0.05, 0) is 28.9 Å². The summed E-state index contributed by atoms with van der Waals surface area (Å²) in [5, 5.41) is 0. The maximum atomic E-state index is 14.5. The maximum Gasteiger partial charge on any atom is 0.460 e. The first-order chi connectivity index (χ1) is 31.1. The topological polar surface area (TPSA) is 126 Å². The predicted molar refractivity (Wildman–Crippen MR) is 179 cm³/mol. The number of alkyl halides is 28. The summed E-state index contributed by atoms with van der Waals surface area (Å²) in [6.07, 6.45) is -28.5. The van der Waals surface area contributed by atoms with Gasteiger partial charge in [-0.25, -0.2) is 4.86 Å². The van der Waals surface area contributed by atoms with Crippen LogP contribution in [-0.2, 0) is 9.36 Å². The minimum atomic E-state index is -7.16. The van der Waals surface area contributed by atoms with Gasteiger partial charge in [0.2, 0.25) is 0 Å². The first-order valence-electron chi connectivity index (χ1n) is 16.8. The van der Waals surface area contributed by atoms with Crippen LogP contribution in [0.15, 0.2) is 36.4 Å². The summed E-state index contributed by atoms with van der Waals surface area (Å²) in [4.78, 5) is 11.2. The van der Waals surface area contributed by atoms with Crippen LogP contribution in [0.5, 0.6) is 23.0 Å². The number of hydrogen-bond donors (Lipinski definition) is 3. The van der Waals surface area contributed by atoms with Gasteiger partial charge in [0.05, 0.1) is 14.6 Å². The summed E-state index contributed by atoms with van der Waals surface area (Å²) in [5.41, 5.74) is 8.75. The first-order valence-corrected chi connectivity index (χ1v) is 20.1. The standard InChI is InChI=1S/C28H20F28N5O6P3/c29-17(30,21(37,38)25(45,46)47)7-62-14-6-5-13(15(58)16(14)63-8-18(31,32)22(39,40)26(48,49)50)67-69-59-68-60(64-9-19(33,34)23(41,42)27(51,52)53)70(61(69)66-12-4-2-1-3-11(12)57)65-10-20(35,36)24(43,44)28(54,55)56/h1-6,59,68H,7-10,57-58H2. The van der Waals surface area contributed by atoms with Crippen LogP contribution in [-0.4, -0.2) is 108 Å². The number of nitrogens with zero attached hydrogens (tertiary/aromatic N) is 2. The highest BCUT2D eigenvalue weighted by Gasteiger charge is 2.76. The van der Waals surface area contributed by atoms with E-state index in [9.17, 15) is 123 Å². The van der Waals surface area contributed by atoms with Crippen LogP contribution in [0.2, 0.25) is 0 Å². The molecule has 3 unspecified atom stereocenters. The lowest BCUT2D eigenvalue weighted by atomic mass is 10.1. The number of para-hydroxylation sites is 2. The van der Waals surface area contributed by atoms with Crippen molar-refractivity contribution < 1.29 is 151 Å². The number of rotatable bonds is 20. The average Bonchev–Trinajstić information content (AvgIpc) is 3.18. The number of nitrogens with two attached hydrogens (primary N) is 2. The van der Waals surface area contributed by atoms with E-state index in [4.69, 9.17) is 20.8 Å². The second-order valence-electron chi connectivity index (χ2n) is 13.0. The predicted octanol–water partition coefficient (Wildman–Crippen LogP) is 12.4. The molecule has 2 aromatic carbocycles. The Morgan fingerprint density at radius 2 is 0.886 bits per heavy atom. The number of ether oxygens (including phenoxy) is 2. The van der Waals surface area contributed by atoms with Gasteiger partial charge < -0.3 is 34.8 Å². The molecule has 0 bridgehead atoms. The molecule has 11 nitrogen and oxygen atoms in total. The molecule has 1 heterocycles. The van der Waals surface area contributed by atoms with Crippen molar-refractivity contribution in [3.63, 3.8) is 0 Å². The molecular weight excluding hydrogens is 1130 g/mol. The molecule has 70 heavy (non-hydrogen) atoms. The lowest BCUT2D eigenvalue weighted by Crippen LogP contribution is -2.55. The van der Waals surface area contributed by atoms with Crippen molar-refractivity contribution in [3.05, 3.63) is 36.4 Å². The Balaban J connectivity index is 2.26. The second-order valence-corrected chi connectivity index (χ2v) is 17.8. The quantitative estimate of drug-likeness (QED) is 0.0666. The fraction of sp³-hybridized carbons (Fsp3) is 0.571. The van der Waals surface area contributed by atoms with Gasteiger partial charge in [0.25, 0.3) is 16.9 Å². The smallest absolute Gasteiger partial charge is 0.460 e. The highest BCUT2D eigenvalue weighted by molar-refractivity contribution is 7.74. The van der Waals surface area contributed by atoms with Crippen LogP contribution in [0.3, 0.4) is 0 Å². The Hall–Kier alpha value is -3.63. The molecule has 42 heteroatoms. The van der Waals surface area contributed by atoms with Crippen LogP contribution >= 0.6 is 25.8 Å². The molecule has 0 radical (unpaired) electrons. The summed E-state index contributed by atoms with van der Waals surface area (Å²) in [5.74, 6) is -60.6. The minimum Gasteiger partial charge on any atom is -0.483 e. The number of nitrogens with one attached hydrogen (secondary N) is 1. The normalized spacial score (nSPS) is 18.9. The number of nitrogen functional groups attached to an aromatic ring is 2. The molecule has 2 aromatic rings. The second kappa shape index (κ2) is 20.0. The van der Waals surface area contributed by atoms with Gasteiger partial charge >= 0.3 is 72.1 Å². The van der Waals surface area contributed by atoms with Crippen molar-refractivity contribution >= 4 is 37.2 Å². The molecule has 0 spiro atoms. The van der Waals surface area contributed by atoms with Crippen molar-refractivity contribution in [2.24, 2.45) is 0 Å². The average molecular weight is 1150 g/mol. The zero-order valence-corrected chi connectivity index (χ0v) is 35.1. The van der Waals surface area contributed by atoms with Crippen molar-refractivity contribution in [2.75, 3.05) is 37.9 Å². The molecule has 3 atom stereocenters. The highest BCUT2D eigenvalue weighted by atomic mass is 31.3. The van der Waals surface area contributed by atoms with Gasteiger partial charge in [-0.15, -0.1) is 0 Å². The third-order valence-corrected chi connectivity index (χ3v) is 13.1. The van der Waals surface area contributed by atoms with E-state index in [0.29, 0.717) is 6.07 Å². The largest absolute Gasteiger partial charge is 0.483 e. The monoisotopic (exact) mass is 1150 g/mol. The molecule has 0 aliphatic carbocycles. The van der Waals surface area contributed by atoms with Gasteiger partial charge in [0.15, 0.2) is 36.2 Å². The van der Waals surface area contributed by atoms with E-state index in [-0.39, 0.29) is 16.7 Å². The van der Waals surface area contributed by atoms with Gasteiger partial charge in [-0.3, -0.25) is 4.84 Å². The van der Waals surface area contributed by atoms with Crippen LogP contribution < -0.4 is 35.2 Å². The Morgan fingerprint density at radius 1 is 0.486 bits per heavy atom. The van der Waals surface area contributed by atoms with Crippen LogP contribution in [0.1, 0.15) is 0 Å². The van der Waals surface area contributed by atoms with Crippen molar-refractivity contribution in [1.29, 1.82) is 0 Å². The first kappa shape index (κ1) is 60.7. The zero-order chi connectivity index (χ0) is 54.5. The summed E-state index contributed by atoms with van der Waals surface area (Å²) in [7, 11) is -10.3. The van der Waals surface area contributed by atoms with Gasteiger partial charge in [-0.1, -0.05) is 16.7 Å². The third kappa shape index (κ3) is 12.2. The van der Waals surface area contributed by atoms with Gasteiger partial charge in [-0.2, -0.15) is 123 Å². The SMILES string of the molecule is Nc1ccccc1ON1P(Oc2ccc(OCC(F)(F)C(F)(F)C(F)(F)F)c(OCC(F)(F)C(F)(F)C(F)(F)F)c2N)NPN(OCC(F)(F)C(F)(F)C(F)(F)F)P1OCC(F)(F)C(F)(F)C(F)(F)F. The lowest BCUT2D eigenvalue weighted by Gasteiger charge is -2.43. The Bertz CT molecular complexity index is 2110. The number of anilines is 2. The summed E-state index contributed by atoms with van der Waals surface area (Å²) in [6.45, 7) is -13.1.